The lowest BCUT2D eigenvalue weighted by Crippen LogP contribution is -2.21. The molecule has 2 N–H and O–H groups in total. The quantitative estimate of drug-likeness (QED) is 0.438. The Balaban J connectivity index is 1.60. The lowest BCUT2D eigenvalue weighted by atomic mass is 10.1. The van der Waals surface area contributed by atoms with Crippen LogP contribution in [-0.4, -0.2) is 24.6 Å². The Labute approximate surface area is 179 Å². The first-order valence-electron chi connectivity index (χ1n) is 9.39. The Morgan fingerprint density at radius 2 is 1.83 bits per heavy atom. The Kier molecular flexibility index (Phi) is 6.98. The average molecular weight is 422 g/mol. The summed E-state index contributed by atoms with van der Waals surface area (Å²) in [5.74, 6) is 0.388. The molecule has 0 spiro atoms. The van der Waals surface area contributed by atoms with Crippen LogP contribution in [0.4, 0.5) is 5.69 Å². The minimum atomic E-state index is -0.211. The number of hydrogen-bond acceptors (Lipinski definition) is 5. The second-order valence-electron chi connectivity index (χ2n) is 6.70. The molecule has 0 saturated carbocycles. The minimum Gasteiger partial charge on any atom is -0.497 e. The maximum atomic E-state index is 12.3. The maximum absolute atomic E-state index is 12.3. The summed E-state index contributed by atoms with van der Waals surface area (Å²) in [5, 5.41) is 7.08. The highest BCUT2D eigenvalue weighted by Gasteiger charge is 2.09. The molecule has 3 rings (SSSR count). The number of ether oxygens (including phenoxy) is 1. The standard InChI is InChI=1S/C23H23N3O3S/c1-15-7-12-21(30-15)23(28)24-19-6-4-5-18(14-19)16(2)25-26-22(27)13-17-8-10-20(29-3)11-9-17/h4-12,14H,13H2,1-3H3,(H,24,28)(H,26,27)/b25-16-. The topological polar surface area (TPSA) is 79.8 Å². The summed E-state index contributed by atoms with van der Waals surface area (Å²) in [4.78, 5) is 26.3. The zero-order chi connectivity index (χ0) is 21.5. The minimum absolute atomic E-state index is 0.146. The molecule has 0 radical (unpaired) electrons. The van der Waals surface area contributed by atoms with Crippen LogP contribution < -0.4 is 15.5 Å². The van der Waals surface area contributed by atoms with Crippen molar-refractivity contribution in [2.45, 2.75) is 20.3 Å². The van der Waals surface area contributed by atoms with Gasteiger partial charge in [-0.05, 0) is 61.4 Å². The molecule has 154 valence electrons. The van der Waals surface area contributed by atoms with Gasteiger partial charge in [-0.3, -0.25) is 9.59 Å². The zero-order valence-electron chi connectivity index (χ0n) is 17.1. The Bertz CT molecular complexity index is 1070. The zero-order valence-corrected chi connectivity index (χ0v) is 17.9. The van der Waals surface area contributed by atoms with Crippen molar-refractivity contribution in [3.8, 4) is 5.75 Å². The van der Waals surface area contributed by atoms with E-state index < -0.39 is 0 Å². The van der Waals surface area contributed by atoms with Crippen molar-refractivity contribution in [2.75, 3.05) is 12.4 Å². The normalized spacial score (nSPS) is 11.1. The number of nitrogens with zero attached hydrogens (tertiary/aromatic N) is 1. The first kappa shape index (κ1) is 21.3. The molecule has 0 bridgehead atoms. The number of hydrazone groups is 1. The van der Waals surface area contributed by atoms with Gasteiger partial charge in [-0.2, -0.15) is 5.10 Å². The van der Waals surface area contributed by atoms with Crippen molar-refractivity contribution in [2.24, 2.45) is 5.10 Å². The number of carbonyl (C=O) groups is 2. The summed E-state index contributed by atoms with van der Waals surface area (Å²) < 4.78 is 5.11. The van der Waals surface area contributed by atoms with Crippen molar-refractivity contribution >= 4 is 34.6 Å². The molecule has 1 aromatic heterocycles. The van der Waals surface area contributed by atoms with Crippen LogP contribution in [0.1, 0.15) is 32.6 Å². The predicted molar refractivity (Wildman–Crippen MR) is 121 cm³/mol. The predicted octanol–water partition coefficient (Wildman–Crippen LogP) is 4.40. The summed E-state index contributed by atoms with van der Waals surface area (Å²) in [6, 6.07) is 18.4. The number of thiophene rings is 1. The molecule has 0 atom stereocenters. The van der Waals surface area contributed by atoms with E-state index >= 15 is 0 Å². The van der Waals surface area contributed by atoms with Crippen LogP contribution in [0, 0.1) is 6.92 Å². The van der Waals surface area contributed by atoms with Crippen molar-refractivity contribution in [1.82, 2.24) is 5.43 Å². The number of aryl methyl sites for hydroxylation is 1. The first-order valence-corrected chi connectivity index (χ1v) is 10.2. The highest BCUT2D eigenvalue weighted by molar-refractivity contribution is 7.14. The number of methoxy groups -OCH3 is 1. The van der Waals surface area contributed by atoms with Crippen LogP contribution in [0.15, 0.2) is 65.8 Å². The van der Waals surface area contributed by atoms with Crippen molar-refractivity contribution in [1.29, 1.82) is 0 Å². The molecule has 0 unspecified atom stereocenters. The second-order valence-corrected chi connectivity index (χ2v) is 7.99. The summed E-state index contributed by atoms with van der Waals surface area (Å²) in [6.45, 7) is 3.77. The molecule has 0 saturated heterocycles. The highest BCUT2D eigenvalue weighted by atomic mass is 32.1. The van der Waals surface area contributed by atoms with E-state index in [1.807, 2.05) is 67.6 Å². The van der Waals surface area contributed by atoms with Crippen molar-refractivity contribution in [3.63, 3.8) is 0 Å². The van der Waals surface area contributed by atoms with E-state index in [1.165, 1.54) is 11.3 Å². The fourth-order valence-electron chi connectivity index (χ4n) is 2.75. The third-order valence-electron chi connectivity index (χ3n) is 4.37. The molecule has 7 heteroatoms. The number of benzene rings is 2. The monoisotopic (exact) mass is 421 g/mol. The SMILES string of the molecule is COc1ccc(CC(=O)N/N=C(/C)c2cccc(NC(=O)c3ccc(C)s3)c2)cc1. The largest absolute Gasteiger partial charge is 0.497 e. The van der Waals surface area contributed by atoms with E-state index in [2.05, 4.69) is 15.8 Å². The van der Waals surface area contributed by atoms with Gasteiger partial charge in [0, 0.05) is 10.6 Å². The summed E-state index contributed by atoms with van der Waals surface area (Å²) in [7, 11) is 1.60. The third kappa shape index (κ3) is 5.78. The van der Waals surface area contributed by atoms with Gasteiger partial charge in [-0.15, -0.1) is 11.3 Å². The van der Waals surface area contributed by atoms with Crippen LogP contribution in [0.2, 0.25) is 0 Å². The second kappa shape index (κ2) is 9.84. The fourth-order valence-corrected chi connectivity index (χ4v) is 3.51. The molecular formula is C23H23N3O3S. The third-order valence-corrected chi connectivity index (χ3v) is 5.37. The Morgan fingerprint density at radius 3 is 2.50 bits per heavy atom. The Hall–Kier alpha value is -3.45. The van der Waals surface area contributed by atoms with Crippen LogP contribution in [0.5, 0.6) is 5.75 Å². The molecule has 1 heterocycles. The highest BCUT2D eigenvalue weighted by Crippen LogP contribution is 2.18. The lowest BCUT2D eigenvalue weighted by molar-refractivity contribution is -0.120. The van der Waals surface area contributed by atoms with E-state index in [1.54, 1.807) is 14.0 Å². The van der Waals surface area contributed by atoms with Crippen LogP contribution >= 0.6 is 11.3 Å². The molecule has 0 fully saturated rings. The number of hydrogen-bond donors (Lipinski definition) is 2. The Morgan fingerprint density at radius 1 is 1.07 bits per heavy atom. The molecule has 0 aliphatic heterocycles. The molecule has 6 nitrogen and oxygen atoms in total. The van der Waals surface area contributed by atoms with E-state index in [9.17, 15) is 9.59 Å². The molecule has 3 aromatic rings. The molecule has 2 aromatic carbocycles. The molecule has 0 aliphatic rings. The van der Waals surface area contributed by atoms with Crippen LogP contribution in [0.25, 0.3) is 0 Å². The van der Waals surface area contributed by atoms with Gasteiger partial charge in [0.25, 0.3) is 5.91 Å². The molecule has 0 aliphatic carbocycles. The van der Waals surface area contributed by atoms with Crippen molar-refractivity contribution in [3.05, 3.63) is 81.5 Å². The number of anilines is 1. The van der Waals surface area contributed by atoms with Gasteiger partial charge in [0.15, 0.2) is 0 Å². The summed E-state index contributed by atoms with van der Waals surface area (Å²) in [6.07, 6.45) is 0.219. The number of nitrogens with one attached hydrogen (secondary N) is 2. The molecular weight excluding hydrogens is 398 g/mol. The van der Waals surface area contributed by atoms with Gasteiger partial charge in [0.1, 0.15) is 5.75 Å². The van der Waals surface area contributed by atoms with Crippen LogP contribution in [-0.2, 0) is 11.2 Å². The smallest absolute Gasteiger partial charge is 0.265 e. The van der Waals surface area contributed by atoms with Gasteiger partial charge in [-0.1, -0.05) is 24.3 Å². The average Bonchev–Trinajstić information content (AvgIpc) is 3.19. The summed E-state index contributed by atoms with van der Waals surface area (Å²) in [5.41, 5.74) is 5.56. The van der Waals surface area contributed by atoms with Crippen LogP contribution in [0.3, 0.4) is 0 Å². The summed E-state index contributed by atoms with van der Waals surface area (Å²) >= 11 is 1.45. The first-order chi connectivity index (χ1) is 14.4. The maximum Gasteiger partial charge on any atom is 0.265 e. The number of amides is 2. The van der Waals surface area contributed by atoms with E-state index in [4.69, 9.17) is 4.74 Å². The van der Waals surface area contributed by atoms with E-state index in [0.717, 1.165) is 21.8 Å². The fraction of sp³-hybridized carbons (Fsp3) is 0.174. The lowest BCUT2D eigenvalue weighted by Gasteiger charge is -2.07. The van der Waals surface area contributed by atoms with Gasteiger partial charge in [0.2, 0.25) is 5.91 Å². The van der Waals surface area contributed by atoms with E-state index in [-0.39, 0.29) is 18.2 Å². The molecule has 30 heavy (non-hydrogen) atoms. The number of rotatable bonds is 7. The number of carbonyl (C=O) groups excluding carboxylic acids is 2. The van der Waals surface area contributed by atoms with Gasteiger partial charge < -0.3 is 10.1 Å². The van der Waals surface area contributed by atoms with Gasteiger partial charge in [-0.25, -0.2) is 5.43 Å². The van der Waals surface area contributed by atoms with Crippen molar-refractivity contribution < 1.29 is 14.3 Å². The molecule has 2 amide bonds. The van der Waals surface area contributed by atoms with Gasteiger partial charge >= 0.3 is 0 Å². The van der Waals surface area contributed by atoms with E-state index in [0.29, 0.717) is 16.3 Å². The van der Waals surface area contributed by atoms with Gasteiger partial charge in [0.05, 0.1) is 24.1 Å².